The average Bonchev–Trinajstić information content (AvgIpc) is 3.26. The molecule has 11 heteroatoms. The van der Waals surface area contributed by atoms with E-state index in [-0.39, 0.29) is 35.9 Å². The maximum Gasteiger partial charge on any atom is 0.239 e. The van der Waals surface area contributed by atoms with E-state index in [0.29, 0.717) is 26.1 Å². The Balaban J connectivity index is 0.00000480. The van der Waals surface area contributed by atoms with E-state index in [4.69, 9.17) is 4.99 Å². The van der Waals surface area contributed by atoms with Crippen LogP contribution in [0, 0.1) is 0 Å². The van der Waals surface area contributed by atoms with Gasteiger partial charge in [-0.2, -0.15) is 0 Å². The minimum atomic E-state index is -3.15. The lowest BCUT2D eigenvalue weighted by Gasteiger charge is -2.39. The number of amides is 1. The fourth-order valence-corrected chi connectivity index (χ4v) is 5.02. The lowest BCUT2D eigenvalue weighted by molar-refractivity contribution is -0.135. The number of halogens is 1. The Morgan fingerprint density at radius 2 is 1.68 bits per heavy atom. The van der Waals surface area contributed by atoms with Gasteiger partial charge in [0.1, 0.15) is 0 Å². The summed E-state index contributed by atoms with van der Waals surface area (Å²) in [5.74, 6) is 1.13. The van der Waals surface area contributed by atoms with Gasteiger partial charge in [-0.15, -0.1) is 24.0 Å². The average molecular weight is 573 g/mol. The van der Waals surface area contributed by atoms with E-state index in [2.05, 4.69) is 15.1 Å². The fraction of sp³-hybridized carbons (Fsp3) is 0.900. The molecular weight excluding hydrogens is 531 g/mol. The first-order valence-electron chi connectivity index (χ1n) is 11.3. The first kappa shape index (κ1) is 28.4. The molecule has 2 fully saturated rings. The Labute approximate surface area is 205 Å². The zero-order chi connectivity index (χ0) is 22.1. The van der Waals surface area contributed by atoms with Crippen LogP contribution in [0.2, 0.25) is 0 Å². The largest absolute Gasteiger partial charge is 0.357 e. The van der Waals surface area contributed by atoms with Gasteiger partial charge in [-0.05, 0) is 33.1 Å². The number of carbonyl (C=O) groups excluding carboxylic acids is 1. The minimum Gasteiger partial charge on any atom is -0.357 e. The molecule has 0 aromatic heterocycles. The van der Waals surface area contributed by atoms with E-state index in [9.17, 15) is 13.2 Å². The maximum absolute atomic E-state index is 12.7. The molecule has 2 heterocycles. The summed E-state index contributed by atoms with van der Waals surface area (Å²) in [7, 11) is -3.15. The summed E-state index contributed by atoms with van der Waals surface area (Å²) < 4.78 is 24.9. The fourth-order valence-electron chi connectivity index (χ4n) is 4.10. The van der Waals surface area contributed by atoms with Gasteiger partial charge in [-0.3, -0.25) is 14.7 Å². The molecule has 0 aliphatic carbocycles. The zero-order valence-electron chi connectivity index (χ0n) is 19.5. The Bertz CT molecular complexity index is 676. The highest BCUT2D eigenvalue weighted by atomic mass is 127. The number of guanidine groups is 1. The van der Waals surface area contributed by atoms with E-state index < -0.39 is 10.0 Å². The molecule has 1 unspecified atom stereocenters. The maximum atomic E-state index is 12.7. The van der Waals surface area contributed by atoms with Crippen molar-refractivity contribution in [3.63, 3.8) is 0 Å². The van der Waals surface area contributed by atoms with Crippen LogP contribution in [0.5, 0.6) is 0 Å². The van der Waals surface area contributed by atoms with Crippen molar-refractivity contribution in [1.29, 1.82) is 0 Å². The summed E-state index contributed by atoms with van der Waals surface area (Å²) in [5.41, 5.74) is 0. The van der Waals surface area contributed by atoms with E-state index in [1.165, 1.54) is 10.6 Å². The highest BCUT2D eigenvalue weighted by molar-refractivity contribution is 14.0. The van der Waals surface area contributed by atoms with Crippen molar-refractivity contribution in [2.24, 2.45) is 4.99 Å². The number of piperazine rings is 1. The Hall–Kier alpha value is -0.660. The molecule has 0 radical (unpaired) electrons. The van der Waals surface area contributed by atoms with Gasteiger partial charge in [0.05, 0.1) is 12.3 Å². The van der Waals surface area contributed by atoms with Crippen LogP contribution in [0.1, 0.15) is 40.0 Å². The van der Waals surface area contributed by atoms with Crippen LogP contribution in [-0.4, -0.2) is 117 Å². The van der Waals surface area contributed by atoms with Crippen molar-refractivity contribution < 1.29 is 13.2 Å². The number of hydrogen-bond donors (Lipinski definition) is 1. The Kier molecular flexibility index (Phi) is 12.6. The summed E-state index contributed by atoms with van der Waals surface area (Å²) in [4.78, 5) is 23.9. The van der Waals surface area contributed by atoms with E-state index in [1.807, 2.05) is 25.7 Å². The molecule has 31 heavy (non-hydrogen) atoms. The normalized spacial score (nSPS) is 19.5. The number of hydrogen-bond acceptors (Lipinski definition) is 5. The topological polar surface area (TPSA) is 88.6 Å². The molecule has 1 N–H and O–H groups in total. The van der Waals surface area contributed by atoms with Crippen LogP contribution < -0.4 is 5.32 Å². The number of aliphatic imine (C=N–C) groups is 1. The van der Waals surface area contributed by atoms with Gasteiger partial charge >= 0.3 is 0 Å². The standard InChI is InChI=1S/C20H40N6O3S.HI/c1-5-21-20(22-10-9-13-26(6-2)30(4,28)29)25-16-14-23(15-17-25)18(3)19(27)24-11-7-8-12-24;/h18H,5-17H2,1-4H3,(H,21,22);1H. The molecule has 1 amide bonds. The molecule has 9 nitrogen and oxygen atoms in total. The minimum absolute atomic E-state index is 0. The monoisotopic (exact) mass is 572 g/mol. The Morgan fingerprint density at radius 1 is 1.06 bits per heavy atom. The van der Waals surface area contributed by atoms with Gasteiger partial charge in [0.2, 0.25) is 15.9 Å². The van der Waals surface area contributed by atoms with Crippen molar-refractivity contribution >= 4 is 45.9 Å². The van der Waals surface area contributed by atoms with Crippen LogP contribution in [0.3, 0.4) is 0 Å². The van der Waals surface area contributed by atoms with Crippen LogP contribution in [0.25, 0.3) is 0 Å². The third kappa shape index (κ3) is 8.65. The molecular formula is C20H41IN6O3S. The number of sulfonamides is 1. The zero-order valence-corrected chi connectivity index (χ0v) is 22.7. The molecule has 0 spiro atoms. The van der Waals surface area contributed by atoms with Crippen LogP contribution in [-0.2, 0) is 14.8 Å². The predicted molar refractivity (Wildman–Crippen MR) is 137 cm³/mol. The van der Waals surface area contributed by atoms with Crippen molar-refractivity contribution in [1.82, 2.24) is 24.3 Å². The second-order valence-electron chi connectivity index (χ2n) is 8.08. The van der Waals surface area contributed by atoms with Crippen LogP contribution in [0.4, 0.5) is 0 Å². The van der Waals surface area contributed by atoms with Gasteiger partial charge in [-0.25, -0.2) is 12.7 Å². The number of nitrogens with zero attached hydrogens (tertiary/aromatic N) is 5. The third-order valence-electron chi connectivity index (χ3n) is 5.92. The van der Waals surface area contributed by atoms with Gasteiger partial charge in [0.15, 0.2) is 5.96 Å². The first-order valence-corrected chi connectivity index (χ1v) is 13.1. The molecule has 2 saturated heterocycles. The predicted octanol–water partition coefficient (Wildman–Crippen LogP) is 0.870. The van der Waals surface area contributed by atoms with Crippen molar-refractivity contribution in [3.8, 4) is 0 Å². The van der Waals surface area contributed by atoms with Gasteiger partial charge in [0.25, 0.3) is 0 Å². The molecule has 182 valence electrons. The molecule has 0 bridgehead atoms. The lowest BCUT2D eigenvalue weighted by Crippen LogP contribution is -2.57. The number of likely N-dealkylation sites (tertiary alicyclic amines) is 1. The SMILES string of the molecule is CCNC(=NCCCN(CC)S(C)(=O)=O)N1CCN(C(C)C(=O)N2CCCC2)CC1.I. The first-order chi connectivity index (χ1) is 14.3. The van der Waals surface area contributed by atoms with E-state index >= 15 is 0 Å². The van der Waals surface area contributed by atoms with Gasteiger partial charge in [-0.1, -0.05) is 6.92 Å². The lowest BCUT2D eigenvalue weighted by atomic mass is 10.2. The molecule has 1 atom stereocenters. The smallest absolute Gasteiger partial charge is 0.239 e. The summed E-state index contributed by atoms with van der Waals surface area (Å²) in [6.45, 7) is 13.4. The number of nitrogens with one attached hydrogen (secondary N) is 1. The molecule has 0 aromatic carbocycles. The van der Waals surface area contributed by atoms with Gasteiger partial charge in [0, 0.05) is 65.4 Å². The highest BCUT2D eigenvalue weighted by Crippen LogP contribution is 2.14. The third-order valence-corrected chi connectivity index (χ3v) is 7.30. The molecule has 0 aromatic rings. The quantitative estimate of drug-likeness (QED) is 0.191. The van der Waals surface area contributed by atoms with Crippen LogP contribution >= 0.6 is 24.0 Å². The molecule has 0 saturated carbocycles. The van der Waals surface area contributed by atoms with Crippen LogP contribution in [0.15, 0.2) is 4.99 Å². The Morgan fingerprint density at radius 3 is 2.19 bits per heavy atom. The second kappa shape index (κ2) is 13.8. The van der Waals surface area contributed by atoms with E-state index in [0.717, 1.165) is 64.6 Å². The summed E-state index contributed by atoms with van der Waals surface area (Å²) in [6, 6.07) is -0.0687. The highest BCUT2D eigenvalue weighted by Gasteiger charge is 2.30. The second-order valence-corrected chi connectivity index (χ2v) is 10.1. The number of rotatable bonds is 9. The number of carbonyl (C=O) groups is 1. The van der Waals surface area contributed by atoms with Gasteiger partial charge < -0.3 is 15.1 Å². The molecule has 2 rings (SSSR count). The van der Waals surface area contributed by atoms with Crippen molar-refractivity contribution in [2.75, 3.05) is 71.7 Å². The van der Waals surface area contributed by atoms with Crippen molar-refractivity contribution in [2.45, 2.75) is 46.1 Å². The summed E-state index contributed by atoms with van der Waals surface area (Å²) in [6.07, 6.45) is 4.18. The molecule has 2 aliphatic heterocycles. The molecule has 2 aliphatic rings. The summed E-state index contributed by atoms with van der Waals surface area (Å²) >= 11 is 0. The van der Waals surface area contributed by atoms with Crippen molar-refractivity contribution in [3.05, 3.63) is 0 Å². The van der Waals surface area contributed by atoms with E-state index in [1.54, 1.807) is 0 Å². The summed E-state index contributed by atoms with van der Waals surface area (Å²) in [5, 5.41) is 3.35.